The second-order valence-electron chi connectivity index (χ2n) is 6.93. The van der Waals surface area contributed by atoms with Gasteiger partial charge in [-0.1, -0.05) is 43.1 Å². The minimum Gasteiger partial charge on any atom is -0.379 e. The van der Waals surface area contributed by atoms with E-state index in [0.29, 0.717) is 15.6 Å². The summed E-state index contributed by atoms with van der Waals surface area (Å²) in [7, 11) is 1.41. The topological polar surface area (TPSA) is 128 Å². The molecule has 10 heteroatoms. The predicted octanol–water partition coefficient (Wildman–Crippen LogP) is 1.44. The lowest BCUT2D eigenvalue weighted by molar-refractivity contribution is -0.151. The number of nitrogens with one attached hydrogen (secondary N) is 3. The van der Waals surface area contributed by atoms with Crippen LogP contribution in [0, 0.1) is 5.92 Å². The van der Waals surface area contributed by atoms with Gasteiger partial charge in [0, 0.05) is 13.5 Å². The summed E-state index contributed by atoms with van der Waals surface area (Å²) in [6.07, 6.45) is -0.605. The molecule has 0 saturated carbocycles. The Balaban J connectivity index is 3.07. The first kappa shape index (κ1) is 24.2. The molecule has 3 amide bonds. The van der Waals surface area contributed by atoms with Crippen LogP contribution >= 0.6 is 23.2 Å². The van der Waals surface area contributed by atoms with Crippen molar-refractivity contribution in [2.75, 3.05) is 7.05 Å². The number of benzene rings is 1. The van der Waals surface area contributed by atoms with Gasteiger partial charge < -0.3 is 15.7 Å². The van der Waals surface area contributed by atoms with Crippen molar-refractivity contribution in [3.63, 3.8) is 0 Å². The van der Waals surface area contributed by atoms with Crippen LogP contribution in [0.15, 0.2) is 18.2 Å². The summed E-state index contributed by atoms with van der Waals surface area (Å²) in [5, 5.41) is 25.1. The predicted molar refractivity (Wildman–Crippen MR) is 105 cm³/mol. The van der Waals surface area contributed by atoms with Crippen LogP contribution in [0.25, 0.3) is 0 Å². The fourth-order valence-corrected chi connectivity index (χ4v) is 3.12. The molecule has 0 aromatic heterocycles. The molecule has 1 rings (SSSR count). The Labute approximate surface area is 173 Å². The number of likely N-dealkylation sites (N-methyl/N-ethyl adjacent to an activating group) is 1. The van der Waals surface area contributed by atoms with Crippen molar-refractivity contribution in [2.45, 2.75) is 44.8 Å². The van der Waals surface area contributed by atoms with Gasteiger partial charge in [0.2, 0.25) is 11.8 Å². The smallest absolute Gasteiger partial charge is 0.253 e. The van der Waals surface area contributed by atoms with Crippen LogP contribution in [-0.2, 0) is 20.8 Å². The first-order valence-corrected chi connectivity index (χ1v) is 9.39. The molecule has 0 heterocycles. The van der Waals surface area contributed by atoms with Gasteiger partial charge in [0.05, 0.1) is 16.5 Å². The van der Waals surface area contributed by atoms with Crippen molar-refractivity contribution in [2.24, 2.45) is 5.92 Å². The van der Waals surface area contributed by atoms with Gasteiger partial charge in [0.1, 0.15) is 6.04 Å². The summed E-state index contributed by atoms with van der Waals surface area (Å²) in [6.45, 7) is 3.53. The van der Waals surface area contributed by atoms with E-state index >= 15 is 0 Å². The molecule has 156 valence electrons. The summed E-state index contributed by atoms with van der Waals surface area (Å²) in [4.78, 5) is 36.5. The zero-order valence-electron chi connectivity index (χ0n) is 15.9. The van der Waals surface area contributed by atoms with Gasteiger partial charge in [-0.2, -0.15) is 0 Å². The molecular formula is C18H25Cl2N3O5. The third-order valence-corrected chi connectivity index (χ3v) is 4.78. The average Bonchev–Trinajstić information content (AvgIpc) is 2.62. The number of hydrogen-bond acceptors (Lipinski definition) is 5. The van der Waals surface area contributed by atoms with Crippen molar-refractivity contribution in [3.05, 3.63) is 33.8 Å². The number of hydroxylamine groups is 1. The normalized spacial score (nSPS) is 14.1. The number of rotatable bonds is 9. The van der Waals surface area contributed by atoms with E-state index in [2.05, 4.69) is 10.6 Å². The molecule has 0 aliphatic carbocycles. The fourth-order valence-electron chi connectivity index (χ4n) is 2.80. The third-order valence-electron chi connectivity index (χ3n) is 4.04. The molecule has 1 aromatic rings. The molecule has 1 unspecified atom stereocenters. The maximum Gasteiger partial charge on any atom is 0.253 e. The number of hydrogen-bond donors (Lipinski definition) is 5. The van der Waals surface area contributed by atoms with Gasteiger partial charge in [0.25, 0.3) is 5.91 Å². The second kappa shape index (κ2) is 10.6. The number of carbonyl (C=O) groups excluding carboxylic acids is 3. The second-order valence-corrected chi connectivity index (χ2v) is 7.75. The number of amides is 3. The summed E-state index contributed by atoms with van der Waals surface area (Å²) in [6, 6.07) is 3.79. The number of carbonyl (C=O) groups is 3. The van der Waals surface area contributed by atoms with Crippen molar-refractivity contribution < 1.29 is 24.7 Å². The maximum absolute atomic E-state index is 12.7. The highest BCUT2D eigenvalue weighted by molar-refractivity contribution is 6.42. The Morgan fingerprint density at radius 3 is 2.32 bits per heavy atom. The minimum atomic E-state index is -2.09. The van der Waals surface area contributed by atoms with E-state index in [1.165, 1.54) is 12.5 Å². The molecule has 0 radical (unpaired) electrons. The Bertz CT molecular complexity index is 729. The molecule has 8 nitrogen and oxygen atoms in total. The number of aliphatic hydroxyl groups is 1. The first-order chi connectivity index (χ1) is 13.0. The SMILES string of the molecule is CNC(=O)C(Cc1ccc(Cl)c(Cl)c1)NC(=O)[C@@](O)(CC(=O)NO)CC(C)C. The van der Waals surface area contributed by atoms with Gasteiger partial charge in [-0.05, 0) is 30.0 Å². The Kier molecular flexibility index (Phi) is 9.16. The lowest BCUT2D eigenvalue weighted by Crippen LogP contribution is -2.56. The van der Waals surface area contributed by atoms with Crippen molar-refractivity contribution in [3.8, 4) is 0 Å². The van der Waals surface area contributed by atoms with Gasteiger partial charge in [0.15, 0.2) is 5.60 Å². The molecule has 0 bridgehead atoms. The lowest BCUT2D eigenvalue weighted by atomic mass is 9.87. The zero-order valence-corrected chi connectivity index (χ0v) is 17.4. The Morgan fingerprint density at radius 1 is 1.18 bits per heavy atom. The highest BCUT2D eigenvalue weighted by atomic mass is 35.5. The van der Waals surface area contributed by atoms with Gasteiger partial charge in [-0.3, -0.25) is 19.6 Å². The van der Waals surface area contributed by atoms with Crippen molar-refractivity contribution >= 4 is 40.9 Å². The summed E-state index contributed by atoms with van der Waals surface area (Å²) < 4.78 is 0. The molecule has 1 aromatic carbocycles. The van der Waals surface area contributed by atoms with Crippen LogP contribution in [0.3, 0.4) is 0 Å². The molecule has 0 spiro atoms. The van der Waals surface area contributed by atoms with E-state index in [4.69, 9.17) is 28.4 Å². The van der Waals surface area contributed by atoms with Crippen LogP contribution < -0.4 is 16.1 Å². The molecule has 2 atom stereocenters. The molecule has 0 fully saturated rings. The van der Waals surface area contributed by atoms with Gasteiger partial charge in [-0.15, -0.1) is 0 Å². The van der Waals surface area contributed by atoms with E-state index < -0.39 is 35.8 Å². The quantitative estimate of drug-likeness (QED) is 0.297. The third kappa shape index (κ3) is 6.94. The van der Waals surface area contributed by atoms with Crippen LogP contribution in [0.2, 0.25) is 10.0 Å². The highest BCUT2D eigenvalue weighted by Gasteiger charge is 2.40. The van der Waals surface area contributed by atoms with Crippen LogP contribution in [0.5, 0.6) is 0 Å². The fraction of sp³-hybridized carbons (Fsp3) is 0.500. The molecule has 0 saturated heterocycles. The summed E-state index contributed by atoms with van der Waals surface area (Å²) in [5.41, 5.74) is -0.0480. The van der Waals surface area contributed by atoms with Gasteiger partial charge in [-0.25, -0.2) is 5.48 Å². The largest absolute Gasteiger partial charge is 0.379 e. The molecule has 5 N–H and O–H groups in total. The maximum atomic E-state index is 12.7. The average molecular weight is 434 g/mol. The van der Waals surface area contributed by atoms with E-state index in [0.717, 1.165) is 0 Å². The monoisotopic (exact) mass is 433 g/mol. The Morgan fingerprint density at radius 2 is 1.82 bits per heavy atom. The van der Waals surface area contributed by atoms with E-state index in [9.17, 15) is 19.5 Å². The lowest BCUT2D eigenvalue weighted by Gasteiger charge is -2.30. The molecule has 0 aliphatic heterocycles. The van der Waals surface area contributed by atoms with Crippen LogP contribution in [-0.4, -0.2) is 46.7 Å². The van der Waals surface area contributed by atoms with Crippen molar-refractivity contribution in [1.29, 1.82) is 0 Å². The van der Waals surface area contributed by atoms with E-state index in [1.54, 1.807) is 32.0 Å². The zero-order chi connectivity index (χ0) is 21.5. The summed E-state index contributed by atoms with van der Waals surface area (Å²) in [5.74, 6) is -2.42. The summed E-state index contributed by atoms with van der Waals surface area (Å²) >= 11 is 11.9. The van der Waals surface area contributed by atoms with E-state index in [1.807, 2.05) is 0 Å². The molecular weight excluding hydrogens is 409 g/mol. The molecule has 28 heavy (non-hydrogen) atoms. The van der Waals surface area contributed by atoms with Crippen LogP contribution in [0.1, 0.15) is 32.3 Å². The van der Waals surface area contributed by atoms with Gasteiger partial charge >= 0.3 is 0 Å². The van der Waals surface area contributed by atoms with E-state index in [-0.39, 0.29) is 18.8 Å². The van der Waals surface area contributed by atoms with Crippen LogP contribution in [0.4, 0.5) is 0 Å². The molecule has 0 aliphatic rings. The minimum absolute atomic E-state index is 0.0422. The highest BCUT2D eigenvalue weighted by Crippen LogP contribution is 2.24. The first-order valence-electron chi connectivity index (χ1n) is 8.64. The standard InChI is InChI=1S/C18H25Cl2N3O5/c1-10(2)8-18(27,9-15(24)23-28)17(26)22-14(16(25)21-3)7-11-4-5-12(19)13(20)6-11/h4-6,10,14,27-28H,7-9H2,1-3H3,(H,21,25)(H,22,26)(H,23,24)/t14?,18-/m0/s1. The van der Waals surface area contributed by atoms with Crippen molar-refractivity contribution in [1.82, 2.24) is 16.1 Å². The number of halogens is 2. The Hall–Kier alpha value is -1.87.